The summed E-state index contributed by atoms with van der Waals surface area (Å²) in [5.74, 6) is 2.11. The highest BCUT2D eigenvalue weighted by Gasteiger charge is 2.35. The van der Waals surface area contributed by atoms with Crippen LogP contribution in [0.3, 0.4) is 0 Å². The van der Waals surface area contributed by atoms with Crippen molar-refractivity contribution in [2.45, 2.75) is 24.7 Å². The zero-order valence-electron chi connectivity index (χ0n) is 11.4. The van der Waals surface area contributed by atoms with Crippen molar-refractivity contribution in [3.8, 4) is 17.5 Å². The van der Waals surface area contributed by atoms with Gasteiger partial charge in [-0.15, -0.1) is 6.42 Å². The standard InChI is InChI=1S/C13H13F3N2OS2/c1-4-6-9(10(7-5-2)13(14,15)16)8-19-12-17-11(20-3)18-21-12/h1,6-7H,5,8H2,2-3H3/b9-6-,10-7+. The second-order valence-electron chi connectivity index (χ2n) is 3.70. The van der Waals surface area contributed by atoms with Crippen molar-refractivity contribution in [2.75, 3.05) is 12.9 Å². The van der Waals surface area contributed by atoms with Crippen molar-refractivity contribution in [1.82, 2.24) is 9.36 Å². The maximum Gasteiger partial charge on any atom is 0.416 e. The molecule has 1 rings (SSSR count). The molecular formula is C13H13F3N2OS2. The Morgan fingerprint density at radius 3 is 2.71 bits per heavy atom. The van der Waals surface area contributed by atoms with Gasteiger partial charge in [-0.1, -0.05) is 30.7 Å². The highest BCUT2D eigenvalue weighted by atomic mass is 32.2. The van der Waals surface area contributed by atoms with Crippen LogP contribution < -0.4 is 4.74 Å². The van der Waals surface area contributed by atoms with Crippen molar-refractivity contribution in [3.63, 3.8) is 0 Å². The van der Waals surface area contributed by atoms with E-state index in [1.165, 1.54) is 11.8 Å². The van der Waals surface area contributed by atoms with Gasteiger partial charge in [0, 0.05) is 17.1 Å². The number of allylic oxidation sites excluding steroid dienone is 2. The van der Waals surface area contributed by atoms with Gasteiger partial charge in [-0.2, -0.15) is 22.5 Å². The van der Waals surface area contributed by atoms with E-state index in [1.54, 1.807) is 13.2 Å². The Kier molecular flexibility index (Phi) is 6.78. The quantitative estimate of drug-likeness (QED) is 0.446. The molecule has 0 bridgehead atoms. The normalized spacial score (nSPS) is 13.1. The minimum absolute atomic E-state index is 0.104. The summed E-state index contributed by atoms with van der Waals surface area (Å²) in [6.07, 6.45) is 4.80. The van der Waals surface area contributed by atoms with Crippen LogP contribution in [-0.4, -0.2) is 28.4 Å². The molecule has 0 aromatic carbocycles. The summed E-state index contributed by atoms with van der Waals surface area (Å²) < 4.78 is 48.2. The number of thioether (sulfide) groups is 1. The van der Waals surface area contributed by atoms with Gasteiger partial charge in [0.05, 0.1) is 5.57 Å². The molecule has 0 aliphatic heterocycles. The molecule has 0 N–H and O–H groups in total. The lowest BCUT2D eigenvalue weighted by molar-refractivity contribution is -0.0901. The molecule has 0 unspecified atom stereocenters. The maximum atomic E-state index is 13.0. The molecule has 0 saturated heterocycles. The van der Waals surface area contributed by atoms with E-state index in [1.807, 2.05) is 0 Å². The SMILES string of the molecule is C#C/C=C(COc1nc(SC)ns1)\C(=C/CC)C(F)(F)F. The Morgan fingerprint density at radius 1 is 1.52 bits per heavy atom. The van der Waals surface area contributed by atoms with E-state index in [0.29, 0.717) is 5.16 Å². The van der Waals surface area contributed by atoms with Crippen LogP contribution >= 0.6 is 23.3 Å². The average Bonchev–Trinajstić information content (AvgIpc) is 2.88. The molecule has 1 aromatic heterocycles. The maximum absolute atomic E-state index is 13.0. The third kappa shape index (κ3) is 5.44. The minimum Gasteiger partial charge on any atom is -0.464 e. The molecular weight excluding hydrogens is 321 g/mol. The Hall–Kier alpha value is -1.46. The molecule has 21 heavy (non-hydrogen) atoms. The summed E-state index contributed by atoms with van der Waals surface area (Å²) in [7, 11) is 0. The average molecular weight is 334 g/mol. The summed E-state index contributed by atoms with van der Waals surface area (Å²) in [5.41, 5.74) is -0.884. The topological polar surface area (TPSA) is 35.0 Å². The van der Waals surface area contributed by atoms with Crippen LogP contribution in [0.2, 0.25) is 0 Å². The summed E-state index contributed by atoms with van der Waals surface area (Å²) in [6.45, 7) is 1.31. The van der Waals surface area contributed by atoms with Crippen molar-refractivity contribution >= 4 is 23.3 Å². The van der Waals surface area contributed by atoms with Crippen molar-refractivity contribution in [2.24, 2.45) is 0 Å². The molecule has 0 aliphatic rings. The van der Waals surface area contributed by atoms with Gasteiger partial charge in [-0.3, -0.25) is 0 Å². The van der Waals surface area contributed by atoms with Gasteiger partial charge in [-0.05, 0) is 18.8 Å². The lowest BCUT2D eigenvalue weighted by Gasteiger charge is -2.14. The number of alkyl halides is 3. The second kappa shape index (κ2) is 8.10. The molecule has 3 nitrogen and oxygen atoms in total. The fourth-order valence-electron chi connectivity index (χ4n) is 1.41. The first-order valence-corrected chi connectivity index (χ1v) is 7.85. The molecule has 1 aromatic rings. The smallest absolute Gasteiger partial charge is 0.416 e. The fourth-order valence-corrected chi connectivity index (χ4v) is 2.49. The number of aromatic nitrogens is 2. The van der Waals surface area contributed by atoms with Gasteiger partial charge in [-0.25, -0.2) is 0 Å². The van der Waals surface area contributed by atoms with E-state index in [2.05, 4.69) is 15.3 Å². The molecule has 8 heteroatoms. The highest BCUT2D eigenvalue weighted by Crippen LogP contribution is 2.32. The van der Waals surface area contributed by atoms with E-state index < -0.39 is 11.7 Å². The van der Waals surface area contributed by atoms with E-state index in [9.17, 15) is 13.2 Å². The minimum atomic E-state index is -4.48. The van der Waals surface area contributed by atoms with Crippen LogP contribution in [0.15, 0.2) is 28.5 Å². The van der Waals surface area contributed by atoms with Crippen molar-refractivity contribution < 1.29 is 17.9 Å². The van der Waals surface area contributed by atoms with Crippen molar-refractivity contribution in [3.05, 3.63) is 23.3 Å². The first kappa shape index (κ1) is 17.6. The lowest BCUT2D eigenvalue weighted by Crippen LogP contribution is -2.17. The van der Waals surface area contributed by atoms with E-state index in [-0.39, 0.29) is 23.8 Å². The van der Waals surface area contributed by atoms with E-state index in [0.717, 1.165) is 23.7 Å². The van der Waals surface area contributed by atoms with Crippen LogP contribution in [-0.2, 0) is 0 Å². The van der Waals surface area contributed by atoms with Crippen LogP contribution in [0.25, 0.3) is 0 Å². The molecule has 0 saturated carbocycles. The van der Waals surface area contributed by atoms with Crippen LogP contribution in [0, 0.1) is 12.3 Å². The number of ether oxygens (including phenoxy) is 1. The predicted octanol–water partition coefficient (Wildman–Crippen LogP) is 4.10. The van der Waals surface area contributed by atoms with Crippen LogP contribution in [0.1, 0.15) is 13.3 Å². The third-order valence-electron chi connectivity index (χ3n) is 2.24. The summed E-state index contributed by atoms with van der Waals surface area (Å²) in [5, 5.41) is 0.720. The van der Waals surface area contributed by atoms with E-state index in [4.69, 9.17) is 11.2 Å². The molecule has 0 radical (unpaired) electrons. The van der Waals surface area contributed by atoms with Gasteiger partial charge < -0.3 is 4.74 Å². The Labute approximate surface area is 129 Å². The monoisotopic (exact) mass is 334 g/mol. The third-order valence-corrected chi connectivity index (χ3v) is 3.53. The van der Waals surface area contributed by atoms with Gasteiger partial charge in [0.1, 0.15) is 6.61 Å². The summed E-state index contributed by atoms with van der Waals surface area (Å²) in [6, 6.07) is 0. The molecule has 0 aliphatic carbocycles. The summed E-state index contributed by atoms with van der Waals surface area (Å²) in [4.78, 5) is 4.00. The lowest BCUT2D eigenvalue weighted by atomic mass is 10.0. The number of hydrogen-bond acceptors (Lipinski definition) is 5. The number of halogens is 3. The van der Waals surface area contributed by atoms with Crippen molar-refractivity contribution in [1.29, 1.82) is 0 Å². The zero-order chi connectivity index (χ0) is 15.9. The second-order valence-corrected chi connectivity index (χ2v) is 5.18. The fraction of sp³-hybridized carbons (Fsp3) is 0.385. The van der Waals surface area contributed by atoms with Gasteiger partial charge in [0.2, 0.25) is 5.16 Å². The van der Waals surface area contributed by atoms with Crippen LogP contribution in [0.5, 0.6) is 5.19 Å². The Bertz CT molecular complexity index is 571. The molecule has 0 amide bonds. The van der Waals surface area contributed by atoms with Crippen LogP contribution in [0.4, 0.5) is 13.2 Å². The van der Waals surface area contributed by atoms with E-state index >= 15 is 0 Å². The van der Waals surface area contributed by atoms with Gasteiger partial charge in [0.15, 0.2) is 0 Å². The number of nitrogens with zero attached hydrogens (tertiary/aromatic N) is 2. The zero-order valence-corrected chi connectivity index (χ0v) is 13.0. The molecule has 114 valence electrons. The first-order valence-electron chi connectivity index (χ1n) is 5.85. The van der Waals surface area contributed by atoms with Gasteiger partial charge in [0.25, 0.3) is 5.19 Å². The van der Waals surface area contributed by atoms with Gasteiger partial charge >= 0.3 is 6.18 Å². The first-order chi connectivity index (χ1) is 9.92. The predicted molar refractivity (Wildman–Crippen MR) is 78.5 cm³/mol. The molecule has 1 heterocycles. The number of rotatable bonds is 6. The Balaban J connectivity index is 2.90. The number of terminal acetylenes is 1. The number of hydrogen-bond donors (Lipinski definition) is 0. The highest BCUT2D eigenvalue weighted by molar-refractivity contribution is 7.98. The Morgan fingerprint density at radius 2 is 2.24 bits per heavy atom. The molecule has 0 spiro atoms. The largest absolute Gasteiger partial charge is 0.464 e. The molecule has 0 atom stereocenters. The summed E-state index contributed by atoms with van der Waals surface area (Å²) >= 11 is 2.31. The molecule has 0 fully saturated rings.